The minimum Gasteiger partial charge on any atom is -0.274 e. The monoisotopic (exact) mass is 573 g/mol. The SMILES string of the molecule is Cc1ccc(N2C(=O)[C@@H]3C4c5ccccc5C(/C=N\NC(=O)CCc5ccccc5)(c5ccccc54)[C@@H]3C2=O)cc1Cl. The number of hydrogen-bond donors (Lipinski definition) is 1. The van der Waals surface area contributed by atoms with Gasteiger partial charge in [-0.2, -0.15) is 5.10 Å². The second-order valence-electron chi connectivity index (χ2n) is 11.2. The molecule has 6 nitrogen and oxygen atoms in total. The van der Waals surface area contributed by atoms with E-state index in [-0.39, 0.29) is 30.1 Å². The molecule has 208 valence electrons. The maximum absolute atomic E-state index is 14.4. The molecule has 1 fully saturated rings. The zero-order valence-electron chi connectivity index (χ0n) is 23.0. The molecule has 0 aromatic heterocycles. The van der Waals surface area contributed by atoms with Gasteiger partial charge in [0.1, 0.15) is 0 Å². The normalized spacial score (nSPS) is 23.6. The fourth-order valence-electron chi connectivity index (χ4n) is 7.19. The third-order valence-electron chi connectivity index (χ3n) is 9.04. The van der Waals surface area contributed by atoms with Crippen molar-refractivity contribution in [1.82, 2.24) is 5.43 Å². The smallest absolute Gasteiger partial charge is 0.240 e. The van der Waals surface area contributed by atoms with Crippen molar-refractivity contribution in [3.8, 4) is 0 Å². The van der Waals surface area contributed by atoms with Gasteiger partial charge in [-0.15, -0.1) is 0 Å². The number of carbonyl (C=O) groups is 3. The van der Waals surface area contributed by atoms with Crippen molar-refractivity contribution < 1.29 is 14.4 Å². The Kier molecular flexibility index (Phi) is 6.32. The number of hydrazone groups is 1. The first-order valence-electron chi connectivity index (χ1n) is 14.1. The van der Waals surface area contributed by atoms with Gasteiger partial charge in [0.25, 0.3) is 0 Å². The van der Waals surface area contributed by atoms with Gasteiger partial charge in [-0.1, -0.05) is 96.5 Å². The van der Waals surface area contributed by atoms with Crippen LogP contribution in [-0.2, 0) is 26.2 Å². The quantitative estimate of drug-likeness (QED) is 0.176. The van der Waals surface area contributed by atoms with Gasteiger partial charge in [0.2, 0.25) is 17.7 Å². The number of anilines is 1. The first-order chi connectivity index (χ1) is 20.4. The van der Waals surface area contributed by atoms with Crippen molar-refractivity contribution in [2.45, 2.75) is 31.1 Å². The van der Waals surface area contributed by atoms with Crippen LogP contribution < -0.4 is 10.3 Å². The molecular formula is C35H28ClN3O3. The number of halogens is 1. The van der Waals surface area contributed by atoms with Crippen molar-refractivity contribution in [2.24, 2.45) is 16.9 Å². The summed E-state index contributed by atoms with van der Waals surface area (Å²) in [6.45, 7) is 1.88. The van der Waals surface area contributed by atoms with E-state index >= 15 is 0 Å². The molecule has 1 saturated heterocycles. The van der Waals surface area contributed by atoms with Crippen LogP contribution in [0, 0.1) is 18.8 Å². The molecule has 1 aliphatic heterocycles. The first kappa shape index (κ1) is 26.4. The van der Waals surface area contributed by atoms with Gasteiger partial charge < -0.3 is 0 Å². The lowest BCUT2D eigenvalue weighted by atomic mass is 9.47. The van der Waals surface area contributed by atoms with Crippen LogP contribution in [0.2, 0.25) is 5.02 Å². The molecule has 0 radical (unpaired) electrons. The number of carbonyl (C=O) groups excluding carboxylic acids is 3. The van der Waals surface area contributed by atoms with Crippen molar-refractivity contribution in [2.75, 3.05) is 4.90 Å². The second-order valence-corrected chi connectivity index (χ2v) is 11.7. The third kappa shape index (κ3) is 3.86. The van der Waals surface area contributed by atoms with Gasteiger partial charge in [0.05, 0.1) is 22.9 Å². The molecule has 4 aromatic carbocycles. The molecule has 2 bridgehead atoms. The Morgan fingerprint density at radius 1 is 0.905 bits per heavy atom. The van der Waals surface area contributed by atoms with Gasteiger partial charge in [-0.25, -0.2) is 10.3 Å². The van der Waals surface area contributed by atoms with Crippen LogP contribution >= 0.6 is 11.6 Å². The average molecular weight is 574 g/mol. The summed E-state index contributed by atoms with van der Waals surface area (Å²) in [5.74, 6) is -2.39. The number of hydrogen-bond acceptors (Lipinski definition) is 4. The molecule has 3 amide bonds. The van der Waals surface area contributed by atoms with E-state index in [0.29, 0.717) is 17.1 Å². The molecule has 1 heterocycles. The van der Waals surface area contributed by atoms with Crippen LogP contribution in [0.3, 0.4) is 0 Å². The zero-order valence-corrected chi connectivity index (χ0v) is 23.7. The van der Waals surface area contributed by atoms with Gasteiger partial charge in [0.15, 0.2) is 0 Å². The Bertz CT molecular complexity index is 1740. The Hall–Kier alpha value is -4.55. The molecule has 42 heavy (non-hydrogen) atoms. The topological polar surface area (TPSA) is 78.8 Å². The number of amides is 3. The fourth-order valence-corrected chi connectivity index (χ4v) is 7.36. The lowest BCUT2D eigenvalue weighted by Gasteiger charge is -2.52. The van der Waals surface area contributed by atoms with Gasteiger partial charge in [-0.05, 0) is 58.9 Å². The van der Waals surface area contributed by atoms with Crippen molar-refractivity contribution in [3.05, 3.63) is 135 Å². The number of rotatable bonds is 6. The number of imide groups is 1. The first-order valence-corrected chi connectivity index (χ1v) is 14.5. The van der Waals surface area contributed by atoms with Crippen LogP contribution in [0.25, 0.3) is 0 Å². The summed E-state index contributed by atoms with van der Waals surface area (Å²) in [7, 11) is 0. The van der Waals surface area contributed by atoms with Crippen LogP contribution in [0.4, 0.5) is 5.69 Å². The summed E-state index contributed by atoms with van der Waals surface area (Å²) >= 11 is 6.44. The molecule has 8 rings (SSSR count). The molecule has 2 atom stereocenters. The van der Waals surface area contributed by atoms with Crippen LogP contribution in [0.1, 0.15) is 45.7 Å². The Morgan fingerprint density at radius 3 is 2.21 bits per heavy atom. The van der Waals surface area contributed by atoms with E-state index < -0.39 is 17.3 Å². The minimum absolute atomic E-state index is 0.223. The van der Waals surface area contributed by atoms with E-state index in [1.165, 1.54) is 4.90 Å². The summed E-state index contributed by atoms with van der Waals surface area (Å²) in [4.78, 5) is 42.8. The van der Waals surface area contributed by atoms with Crippen LogP contribution in [0.5, 0.6) is 0 Å². The van der Waals surface area contributed by atoms with Crippen LogP contribution in [-0.4, -0.2) is 23.9 Å². The number of aryl methyl sites for hydroxylation is 2. The predicted octanol–water partition coefficient (Wildman–Crippen LogP) is 5.93. The van der Waals surface area contributed by atoms with Gasteiger partial charge >= 0.3 is 0 Å². The summed E-state index contributed by atoms with van der Waals surface area (Å²) in [6, 6.07) is 31.0. The predicted molar refractivity (Wildman–Crippen MR) is 163 cm³/mol. The van der Waals surface area contributed by atoms with E-state index in [0.717, 1.165) is 33.4 Å². The van der Waals surface area contributed by atoms with Crippen LogP contribution in [0.15, 0.2) is 102 Å². The lowest BCUT2D eigenvalue weighted by Crippen LogP contribution is -2.54. The van der Waals surface area contributed by atoms with E-state index in [9.17, 15) is 14.4 Å². The number of nitrogens with one attached hydrogen (secondary N) is 1. The zero-order chi connectivity index (χ0) is 29.0. The van der Waals surface area contributed by atoms with Gasteiger partial charge in [-0.3, -0.25) is 14.4 Å². The molecule has 1 N–H and O–H groups in total. The third-order valence-corrected chi connectivity index (χ3v) is 9.45. The molecule has 0 unspecified atom stereocenters. The molecule has 0 saturated carbocycles. The highest BCUT2D eigenvalue weighted by molar-refractivity contribution is 6.32. The number of nitrogens with zero attached hydrogens (tertiary/aromatic N) is 2. The maximum Gasteiger partial charge on any atom is 0.240 e. The fraction of sp³-hybridized carbons (Fsp3) is 0.200. The standard InChI is InChI=1S/C35H28ClN3O3/c1-21-15-17-23(19-28(21)36)39-33(41)31-30-24-11-5-7-13-26(24)35(32(31)34(39)42,27-14-8-6-12-25(27)30)20-37-38-29(40)18-16-22-9-3-2-4-10-22/h2-15,17,19-20,30-32H,16,18H2,1H3,(H,38,40)/b37-20-/t30?,31-,32+,35?/m1/s1. The minimum atomic E-state index is -1.05. The average Bonchev–Trinajstić information content (AvgIpc) is 3.28. The Labute approximate surface area is 249 Å². The number of benzene rings is 4. The lowest BCUT2D eigenvalue weighted by molar-refractivity contribution is -0.123. The van der Waals surface area contributed by atoms with E-state index in [4.69, 9.17) is 11.6 Å². The van der Waals surface area contributed by atoms with E-state index in [1.54, 1.807) is 18.3 Å². The molecule has 7 heteroatoms. The molecule has 4 aromatic rings. The Balaban J connectivity index is 1.32. The maximum atomic E-state index is 14.4. The van der Waals surface area contributed by atoms with E-state index in [1.807, 2.05) is 91.9 Å². The highest BCUT2D eigenvalue weighted by Gasteiger charge is 2.68. The largest absolute Gasteiger partial charge is 0.274 e. The molecule has 0 spiro atoms. The van der Waals surface area contributed by atoms with Crippen molar-refractivity contribution in [3.63, 3.8) is 0 Å². The Morgan fingerprint density at radius 2 is 1.55 bits per heavy atom. The van der Waals surface area contributed by atoms with Crippen molar-refractivity contribution >= 4 is 41.2 Å². The summed E-state index contributed by atoms with van der Waals surface area (Å²) < 4.78 is 0. The molecular weight excluding hydrogens is 546 g/mol. The summed E-state index contributed by atoms with van der Waals surface area (Å²) in [6.07, 6.45) is 2.55. The highest BCUT2D eigenvalue weighted by Crippen LogP contribution is 2.63. The molecule has 3 aliphatic carbocycles. The molecule has 4 aliphatic rings. The van der Waals surface area contributed by atoms with Crippen molar-refractivity contribution in [1.29, 1.82) is 0 Å². The second kappa shape index (κ2) is 10.1. The van der Waals surface area contributed by atoms with E-state index in [2.05, 4.69) is 10.5 Å². The van der Waals surface area contributed by atoms with Gasteiger partial charge in [0, 0.05) is 23.6 Å². The summed E-state index contributed by atoms with van der Waals surface area (Å²) in [5, 5.41) is 4.98. The highest BCUT2D eigenvalue weighted by atomic mass is 35.5. The summed E-state index contributed by atoms with van der Waals surface area (Å²) in [5.41, 5.74) is 7.92.